The predicted octanol–water partition coefficient (Wildman–Crippen LogP) is 2.29. The van der Waals surface area contributed by atoms with E-state index in [0.717, 1.165) is 29.9 Å². The number of carbonyl (C=O) groups excluding carboxylic acids is 1. The van der Waals surface area contributed by atoms with Crippen LogP contribution in [0.1, 0.15) is 37.1 Å². The van der Waals surface area contributed by atoms with Crippen molar-refractivity contribution >= 4 is 5.91 Å². The number of rotatable bonds is 3. The molecule has 1 amide bonds. The maximum Gasteiger partial charge on any atom is 0.229 e. The molecule has 4 rings (SSSR count). The molecule has 25 heavy (non-hydrogen) atoms. The number of amides is 1. The minimum atomic E-state index is 0.142. The SMILES string of the molecule is Cc1c(CC(=O)N2CCO[C@H]3CCCC[C@H]32)nnn1-c1ccccc1. The number of fused-ring (bicyclic) bond motifs is 1. The van der Waals surface area contributed by atoms with Crippen molar-refractivity contribution in [2.45, 2.75) is 51.2 Å². The standard InChI is InChI=1S/C19H24N4O2/c1-14-16(20-21-23(14)15-7-3-2-4-8-15)13-19(24)22-11-12-25-18-10-6-5-9-17(18)22/h2-4,7-8,17-18H,5-6,9-13H2,1H3/t17-,18+/m1/s1. The van der Waals surface area contributed by atoms with Crippen LogP contribution in [0.25, 0.3) is 5.69 Å². The van der Waals surface area contributed by atoms with Gasteiger partial charge in [-0.3, -0.25) is 4.79 Å². The van der Waals surface area contributed by atoms with Crippen molar-refractivity contribution in [1.82, 2.24) is 19.9 Å². The fourth-order valence-corrected chi connectivity index (χ4v) is 3.99. The van der Waals surface area contributed by atoms with Gasteiger partial charge >= 0.3 is 0 Å². The number of ether oxygens (including phenoxy) is 1. The van der Waals surface area contributed by atoms with Gasteiger partial charge < -0.3 is 9.64 Å². The second kappa shape index (κ2) is 6.96. The van der Waals surface area contributed by atoms with Gasteiger partial charge in [0.25, 0.3) is 0 Å². The molecular formula is C19H24N4O2. The maximum absolute atomic E-state index is 12.9. The van der Waals surface area contributed by atoms with Gasteiger partial charge in [0.05, 0.1) is 42.2 Å². The van der Waals surface area contributed by atoms with E-state index in [0.29, 0.717) is 19.6 Å². The largest absolute Gasteiger partial charge is 0.374 e. The Morgan fingerprint density at radius 3 is 2.88 bits per heavy atom. The third-order valence-corrected chi connectivity index (χ3v) is 5.36. The molecule has 0 bridgehead atoms. The quantitative estimate of drug-likeness (QED) is 0.860. The zero-order valence-corrected chi connectivity index (χ0v) is 14.6. The lowest BCUT2D eigenvalue weighted by molar-refractivity contribution is -0.148. The molecule has 1 aromatic heterocycles. The van der Waals surface area contributed by atoms with Crippen LogP contribution in [0.5, 0.6) is 0 Å². The van der Waals surface area contributed by atoms with Gasteiger partial charge in [0.15, 0.2) is 0 Å². The van der Waals surface area contributed by atoms with Gasteiger partial charge in [-0.15, -0.1) is 5.10 Å². The number of carbonyl (C=O) groups is 1. The van der Waals surface area contributed by atoms with Crippen molar-refractivity contribution in [3.63, 3.8) is 0 Å². The van der Waals surface area contributed by atoms with E-state index in [1.807, 2.05) is 42.2 Å². The number of nitrogens with zero attached hydrogens (tertiary/aromatic N) is 4. The van der Waals surface area contributed by atoms with Crippen LogP contribution in [0.3, 0.4) is 0 Å². The first-order valence-electron chi connectivity index (χ1n) is 9.11. The predicted molar refractivity (Wildman–Crippen MR) is 93.5 cm³/mol. The summed E-state index contributed by atoms with van der Waals surface area (Å²) in [5.41, 5.74) is 2.64. The average Bonchev–Trinajstić information content (AvgIpc) is 3.02. The third-order valence-electron chi connectivity index (χ3n) is 5.36. The van der Waals surface area contributed by atoms with Crippen molar-refractivity contribution in [3.05, 3.63) is 41.7 Å². The van der Waals surface area contributed by atoms with E-state index < -0.39 is 0 Å². The number of hydrogen-bond donors (Lipinski definition) is 0. The van der Waals surface area contributed by atoms with Gasteiger partial charge in [0.2, 0.25) is 5.91 Å². The minimum Gasteiger partial charge on any atom is -0.374 e. The summed E-state index contributed by atoms with van der Waals surface area (Å²) >= 11 is 0. The van der Waals surface area contributed by atoms with Crippen LogP contribution in [0, 0.1) is 6.92 Å². The summed E-state index contributed by atoms with van der Waals surface area (Å²) in [6, 6.07) is 10.1. The van der Waals surface area contributed by atoms with E-state index >= 15 is 0 Å². The van der Waals surface area contributed by atoms with Crippen LogP contribution >= 0.6 is 0 Å². The van der Waals surface area contributed by atoms with Crippen molar-refractivity contribution in [1.29, 1.82) is 0 Å². The van der Waals surface area contributed by atoms with Crippen LogP contribution in [-0.4, -0.2) is 51.1 Å². The molecule has 2 atom stereocenters. The number of hydrogen-bond acceptors (Lipinski definition) is 4. The summed E-state index contributed by atoms with van der Waals surface area (Å²) in [6.45, 7) is 3.30. The summed E-state index contributed by atoms with van der Waals surface area (Å²) in [5.74, 6) is 0.142. The number of morpholine rings is 1. The van der Waals surface area contributed by atoms with Crippen molar-refractivity contribution < 1.29 is 9.53 Å². The number of aromatic nitrogens is 3. The van der Waals surface area contributed by atoms with Gasteiger partial charge in [-0.1, -0.05) is 36.3 Å². The van der Waals surface area contributed by atoms with Crippen LogP contribution in [0.15, 0.2) is 30.3 Å². The van der Waals surface area contributed by atoms with Gasteiger partial charge in [-0.25, -0.2) is 4.68 Å². The molecule has 0 N–H and O–H groups in total. The van der Waals surface area contributed by atoms with Crippen LogP contribution in [0.4, 0.5) is 0 Å². The molecule has 2 aliphatic rings. The Bertz CT molecular complexity index is 741. The van der Waals surface area contributed by atoms with Gasteiger partial charge in [-0.05, 0) is 31.9 Å². The highest BCUT2D eigenvalue weighted by Gasteiger charge is 2.36. The Hall–Kier alpha value is -2.21. The lowest BCUT2D eigenvalue weighted by Crippen LogP contribution is -2.55. The van der Waals surface area contributed by atoms with Crippen molar-refractivity contribution in [2.75, 3.05) is 13.2 Å². The Balaban J connectivity index is 1.50. The Labute approximate surface area is 147 Å². The summed E-state index contributed by atoms with van der Waals surface area (Å²) in [5, 5.41) is 8.50. The van der Waals surface area contributed by atoms with Gasteiger partial charge in [0.1, 0.15) is 0 Å². The summed E-state index contributed by atoms with van der Waals surface area (Å²) in [6.07, 6.45) is 5.02. The molecular weight excluding hydrogens is 316 g/mol. The highest BCUT2D eigenvalue weighted by Crippen LogP contribution is 2.29. The second-order valence-corrected chi connectivity index (χ2v) is 6.89. The first-order valence-corrected chi connectivity index (χ1v) is 9.11. The van der Waals surface area contributed by atoms with E-state index in [-0.39, 0.29) is 18.1 Å². The zero-order chi connectivity index (χ0) is 17.2. The van der Waals surface area contributed by atoms with Crippen molar-refractivity contribution in [3.8, 4) is 5.69 Å². The molecule has 1 aliphatic heterocycles. The lowest BCUT2D eigenvalue weighted by atomic mass is 9.90. The van der Waals surface area contributed by atoms with Gasteiger partial charge in [0, 0.05) is 6.54 Å². The first kappa shape index (κ1) is 16.3. The molecule has 2 heterocycles. The van der Waals surface area contributed by atoms with Crippen molar-refractivity contribution in [2.24, 2.45) is 0 Å². The molecule has 0 spiro atoms. The zero-order valence-electron chi connectivity index (χ0n) is 14.6. The average molecular weight is 340 g/mol. The first-order chi connectivity index (χ1) is 12.2. The molecule has 6 nitrogen and oxygen atoms in total. The fraction of sp³-hybridized carbons (Fsp3) is 0.526. The van der Waals surface area contributed by atoms with E-state index in [1.54, 1.807) is 4.68 Å². The normalized spacial score (nSPS) is 23.3. The molecule has 0 unspecified atom stereocenters. The Morgan fingerprint density at radius 1 is 1.24 bits per heavy atom. The number of benzene rings is 1. The molecule has 2 fully saturated rings. The smallest absolute Gasteiger partial charge is 0.229 e. The molecule has 1 aromatic carbocycles. The summed E-state index contributed by atoms with van der Waals surface area (Å²) < 4.78 is 7.67. The van der Waals surface area contributed by atoms with E-state index in [4.69, 9.17) is 4.74 Å². The van der Waals surface area contributed by atoms with Crippen LogP contribution in [0.2, 0.25) is 0 Å². The molecule has 1 saturated carbocycles. The molecule has 2 aromatic rings. The maximum atomic E-state index is 12.9. The minimum absolute atomic E-state index is 0.142. The molecule has 0 radical (unpaired) electrons. The van der Waals surface area contributed by atoms with E-state index in [2.05, 4.69) is 10.3 Å². The van der Waals surface area contributed by atoms with E-state index in [1.165, 1.54) is 12.8 Å². The highest BCUT2D eigenvalue weighted by molar-refractivity contribution is 5.79. The topological polar surface area (TPSA) is 60.3 Å². The second-order valence-electron chi connectivity index (χ2n) is 6.89. The molecule has 1 aliphatic carbocycles. The van der Waals surface area contributed by atoms with Crippen LogP contribution < -0.4 is 0 Å². The molecule has 6 heteroatoms. The van der Waals surface area contributed by atoms with Gasteiger partial charge in [-0.2, -0.15) is 0 Å². The molecule has 1 saturated heterocycles. The molecule has 132 valence electrons. The Morgan fingerprint density at radius 2 is 2.04 bits per heavy atom. The summed E-state index contributed by atoms with van der Waals surface area (Å²) in [7, 11) is 0. The fourth-order valence-electron chi connectivity index (χ4n) is 3.99. The third kappa shape index (κ3) is 3.18. The van der Waals surface area contributed by atoms with E-state index in [9.17, 15) is 4.79 Å². The number of para-hydroxylation sites is 1. The highest BCUT2D eigenvalue weighted by atomic mass is 16.5. The Kier molecular flexibility index (Phi) is 4.53. The lowest BCUT2D eigenvalue weighted by Gasteiger charge is -2.43. The monoisotopic (exact) mass is 340 g/mol. The summed E-state index contributed by atoms with van der Waals surface area (Å²) in [4.78, 5) is 14.9. The van der Waals surface area contributed by atoms with Crippen LogP contribution in [-0.2, 0) is 16.0 Å².